The van der Waals surface area contributed by atoms with Crippen LogP contribution < -0.4 is 9.84 Å². The topological polar surface area (TPSA) is 49.4 Å². The molecule has 1 aromatic rings. The highest BCUT2D eigenvalue weighted by molar-refractivity contribution is 8.01. The molecule has 0 amide bonds. The van der Waals surface area contributed by atoms with Gasteiger partial charge >= 0.3 is 6.18 Å². The van der Waals surface area contributed by atoms with Crippen molar-refractivity contribution in [2.24, 2.45) is 0 Å². The van der Waals surface area contributed by atoms with Gasteiger partial charge in [-0.2, -0.15) is 24.9 Å². The van der Waals surface area contributed by atoms with Gasteiger partial charge in [0.15, 0.2) is 0 Å². The maximum Gasteiger partial charge on any atom is 0.419 e. The molecular weight excluding hydrogens is 317 g/mol. The molecule has 22 heavy (non-hydrogen) atoms. The Bertz CT molecular complexity index is 617. The first-order chi connectivity index (χ1) is 10.2. The molecule has 2 saturated heterocycles. The zero-order chi connectivity index (χ0) is 16.1. The molecule has 0 saturated carbocycles. The van der Waals surface area contributed by atoms with Crippen molar-refractivity contribution in [3.05, 3.63) is 29.3 Å². The van der Waals surface area contributed by atoms with Gasteiger partial charge in [0, 0.05) is 16.1 Å². The number of benzene rings is 1. The summed E-state index contributed by atoms with van der Waals surface area (Å²) >= 11 is 1.75. The minimum Gasteiger partial charge on any atom is -0.545 e. The van der Waals surface area contributed by atoms with Gasteiger partial charge in [0.1, 0.15) is 11.4 Å². The highest BCUT2D eigenvalue weighted by Crippen LogP contribution is 2.53. The lowest BCUT2D eigenvalue weighted by molar-refractivity contribution is -0.255. The molecule has 0 aromatic heterocycles. The van der Waals surface area contributed by atoms with Crippen LogP contribution in [0, 0.1) is 0 Å². The predicted octanol–water partition coefficient (Wildman–Crippen LogP) is 2.87. The molecule has 0 spiro atoms. The molecule has 2 heterocycles. The third-order valence-corrected chi connectivity index (χ3v) is 6.14. The molecule has 120 valence electrons. The summed E-state index contributed by atoms with van der Waals surface area (Å²) in [7, 11) is 0. The van der Waals surface area contributed by atoms with Gasteiger partial charge in [-0.3, -0.25) is 0 Å². The molecule has 3 unspecified atom stereocenters. The molecule has 3 atom stereocenters. The average Bonchev–Trinajstić information content (AvgIpc) is 2.96. The zero-order valence-electron chi connectivity index (χ0n) is 11.8. The third kappa shape index (κ3) is 2.66. The Morgan fingerprint density at radius 1 is 1.41 bits per heavy atom. The van der Waals surface area contributed by atoms with Gasteiger partial charge in [-0.1, -0.05) is 6.07 Å². The monoisotopic (exact) mass is 331 g/mol. The lowest BCUT2D eigenvalue weighted by Crippen LogP contribution is -2.42. The highest BCUT2D eigenvalue weighted by Gasteiger charge is 2.51. The molecule has 0 aliphatic carbocycles. The molecule has 2 fully saturated rings. The van der Waals surface area contributed by atoms with E-state index >= 15 is 0 Å². The number of fused-ring (bicyclic) bond motifs is 2. The normalized spacial score (nSPS) is 30.5. The van der Waals surface area contributed by atoms with Crippen molar-refractivity contribution in [3.63, 3.8) is 0 Å². The van der Waals surface area contributed by atoms with Crippen LogP contribution in [0.2, 0.25) is 0 Å². The first kappa shape index (κ1) is 15.5. The maximum absolute atomic E-state index is 13.1. The Hall–Kier alpha value is -1.37. The Kier molecular flexibility index (Phi) is 3.58. The van der Waals surface area contributed by atoms with Crippen LogP contribution in [0.15, 0.2) is 18.2 Å². The van der Waals surface area contributed by atoms with Crippen molar-refractivity contribution in [2.45, 2.75) is 48.5 Å². The fourth-order valence-corrected chi connectivity index (χ4v) is 5.08. The molecule has 3 rings (SSSR count). The lowest BCUT2D eigenvalue weighted by atomic mass is 9.86. The Morgan fingerprint density at radius 3 is 2.64 bits per heavy atom. The molecule has 0 N–H and O–H groups in total. The zero-order valence-corrected chi connectivity index (χ0v) is 12.6. The first-order valence-electron chi connectivity index (χ1n) is 6.96. The van der Waals surface area contributed by atoms with Gasteiger partial charge in [-0.25, -0.2) is 0 Å². The van der Waals surface area contributed by atoms with Crippen LogP contribution in [0.4, 0.5) is 13.2 Å². The van der Waals surface area contributed by atoms with Crippen LogP contribution in [-0.2, 0) is 6.18 Å². The SMILES string of the molecule is CC1(Oc2cc(C(=O)[O-])ccc2C(F)(F)F)CC2CCC1S2. The molecular formula is C15H14F3O3S-. The number of thioether (sulfide) groups is 1. The van der Waals surface area contributed by atoms with E-state index in [1.54, 1.807) is 18.7 Å². The van der Waals surface area contributed by atoms with E-state index in [0.29, 0.717) is 11.7 Å². The summed E-state index contributed by atoms with van der Waals surface area (Å²) in [5.41, 5.74) is -1.97. The van der Waals surface area contributed by atoms with Crippen molar-refractivity contribution < 1.29 is 27.8 Å². The molecule has 0 radical (unpaired) electrons. The number of aromatic carboxylic acids is 1. The standard InChI is InChI=1S/C15H15F3O3S/c1-14(7-9-3-5-12(14)22-9)21-11-6-8(13(19)20)2-4-10(11)15(16,17)18/h2,4,6,9,12H,3,5,7H2,1H3,(H,19,20)/p-1. The van der Waals surface area contributed by atoms with Gasteiger partial charge in [0.05, 0.1) is 11.5 Å². The van der Waals surface area contributed by atoms with Crippen molar-refractivity contribution in [1.82, 2.24) is 0 Å². The molecule has 2 aliphatic rings. The average molecular weight is 331 g/mol. The second kappa shape index (κ2) is 5.08. The minimum atomic E-state index is -4.60. The van der Waals surface area contributed by atoms with E-state index in [1.165, 1.54) is 0 Å². The summed E-state index contributed by atoms with van der Waals surface area (Å²) in [6.07, 6.45) is -1.96. The van der Waals surface area contributed by atoms with E-state index in [9.17, 15) is 23.1 Å². The van der Waals surface area contributed by atoms with Crippen LogP contribution in [0.5, 0.6) is 5.75 Å². The molecule has 3 nitrogen and oxygen atoms in total. The number of halogens is 3. The fourth-order valence-electron chi connectivity index (χ4n) is 3.22. The third-order valence-electron chi connectivity index (χ3n) is 4.29. The molecule has 2 aliphatic heterocycles. The Morgan fingerprint density at radius 2 is 2.14 bits per heavy atom. The van der Waals surface area contributed by atoms with Crippen molar-refractivity contribution in [3.8, 4) is 5.75 Å². The molecule has 2 bridgehead atoms. The lowest BCUT2D eigenvalue weighted by Gasteiger charge is -2.34. The predicted molar refractivity (Wildman–Crippen MR) is 73.8 cm³/mol. The number of ether oxygens (including phenoxy) is 1. The Balaban J connectivity index is 1.97. The van der Waals surface area contributed by atoms with Crippen LogP contribution in [0.1, 0.15) is 42.1 Å². The van der Waals surface area contributed by atoms with E-state index in [4.69, 9.17) is 4.74 Å². The van der Waals surface area contributed by atoms with Gasteiger partial charge in [0.2, 0.25) is 0 Å². The van der Waals surface area contributed by atoms with E-state index in [1.807, 2.05) is 0 Å². The maximum atomic E-state index is 13.1. The van der Waals surface area contributed by atoms with Gasteiger partial charge in [-0.15, -0.1) is 0 Å². The molecule has 7 heteroatoms. The van der Waals surface area contributed by atoms with Crippen LogP contribution in [0.3, 0.4) is 0 Å². The highest BCUT2D eigenvalue weighted by atomic mass is 32.2. The number of carbonyl (C=O) groups is 1. The quantitative estimate of drug-likeness (QED) is 0.854. The summed E-state index contributed by atoms with van der Waals surface area (Å²) in [4.78, 5) is 10.9. The summed E-state index contributed by atoms with van der Waals surface area (Å²) in [5, 5.41) is 11.5. The van der Waals surface area contributed by atoms with Gasteiger partial charge in [-0.05, 0) is 38.3 Å². The number of carbonyl (C=O) groups excluding carboxylic acids is 1. The van der Waals surface area contributed by atoms with Crippen molar-refractivity contribution in [1.29, 1.82) is 0 Å². The summed E-state index contributed by atoms with van der Waals surface area (Å²) in [6, 6.07) is 2.55. The largest absolute Gasteiger partial charge is 0.545 e. The molecule has 1 aromatic carbocycles. The van der Waals surface area contributed by atoms with Crippen molar-refractivity contribution >= 4 is 17.7 Å². The van der Waals surface area contributed by atoms with E-state index in [0.717, 1.165) is 31.0 Å². The smallest absolute Gasteiger partial charge is 0.419 e. The number of alkyl halides is 3. The fraction of sp³-hybridized carbons (Fsp3) is 0.533. The first-order valence-corrected chi connectivity index (χ1v) is 7.90. The summed E-state index contributed by atoms with van der Waals surface area (Å²) in [5.74, 6) is -1.95. The van der Waals surface area contributed by atoms with Crippen LogP contribution in [-0.4, -0.2) is 22.1 Å². The second-order valence-electron chi connectivity index (χ2n) is 5.94. The minimum absolute atomic E-state index is 0.144. The Labute approximate surface area is 129 Å². The number of hydrogen-bond donors (Lipinski definition) is 0. The van der Waals surface area contributed by atoms with Crippen LogP contribution in [0.25, 0.3) is 0 Å². The van der Waals surface area contributed by atoms with E-state index in [2.05, 4.69) is 0 Å². The van der Waals surface area contributed by atoms with Crippen LogP contribution >= 0.6 is 11.8 Å². The van der Waals surface area contributed by atoms with E-state index in [-0.39, 0.29) is 10.8 Å². The number of carboxylic acid groups (broad SMARTS) is 1. The summed E-state index contributed by atoms with van der Waals surface area (Å²) in [6.45, 7) is 1.80. The van der Waals surface area contributed by atoms with Gasteiger partial charge in [0.25, 0.3) is 0 Å². The van der Waals surface area contributed by atoms with Crippen molar-refractivity contribution in [2.75, 3.05) is 0 Å². The number of carboxylic acids is 1. The van der Waals surface area contributed by atoms with E-state index < -0.39 is 29.1 Å². The number of hydrogen-bond acceptors (Lipinski definition) is 4. The van der Waals surface area contributed by atoms with Gasteiger partial charge < -0.3 is 14.6 Å². The number of rotatable bonds is 3. The summed E-state index contributed by atoms with van der Waals surface area (Å²) < 4.78 is 45.1. The second-order valence-corrected chi connectivity index (χ2v) is 7.45.